The molecule has 0 unspecified atom stereocenters. The monoisotopic (exact) mass is 397 g/mol. The Kier molecular flexibility index (Phi) is 4.56. The number of hydrogen-bond acceptors (Lipinski definition) is 3. The number of amides is 4. The highest BCUT2D eigenvalue weighted by molar-refractivity contribution is 6.30. The smallest absolute Gasteiger partial charge is 0.314 e. The normalized spacial score (nSPS) is 19.8. The third kappa shape index (κ3) is 3.21. The number of anilines is 1. The second-order valence-corrected chi connectivity index (χ2v) is 6.05. The first-order valence-corrected chi connectivity index (χ1v) is 7.90. The molecular formula is C17H11ClF3N3O3. The fraction of sp³-hybridized carbons (Fsp3) is 0.118. The van der Waals surface area contributed by atoms with Crippen LogP contribution in [0.5, 0.6) is 0 Å². The number of alkyl halides is 3. The molecule has 3 rings (SSSR count). The predicted molar refractivity (Wildman–Crippen MR) is 90.2 cm³/mol. The SMILES string of the molecule is O=C(N[C@@]1(C(F)(F)F)NC(=O)N(c2ccccc2)C1=O)c1ccc(Cl)cc1. The number of nitrogens with one attached hydrogen (secondary N) is 2. The molecule has 1 atom stereocenters. The second kappa shape index (κ2) is 6.58. The van der Waals surface area contributed by atoms with Gasteiger partial charge < -0.3 is 5.32 Å². The Morgan fingerprint density at radius 1 is 1.04 bits per heavy atom. The zero-order valence-corrected chi connectivity index (χ0v) is 14.1. The molecule has 4 amide bonds. The van der Waals surface area contributed by atoms with Crippen molar-refractivity contribution in [2.45, 2.75) is 11.8 Å². The van der Waals surface area contributed by atoms with Crippen LogP contribution in [0.3, 0.4) is 0 Å². The highest BCUT2D eigenvalue weighted by Crippen LogP contribution is 2.36. The average molecular weight is 398 g/mol. The van der Waals surface area contributed by atoms with Crippen molar-refractivity contribution >= 4 is 35.1 Å². The Morgan fingerprint density at radius 3 is 2.19 bits per heavy atom. The number of halogens is 4. The van der Waals surface area contributed by atoms with Gasteiger partial charge in [-0.1, -0.05) is 29.8 Å². The number of carbonyl (C=O) groups is 3. The van der Waals surface area contributed by atoms with Crippen molar-refractivity contribution < 1.29 is 27.6 Å². The molecule has 2 aromatic rings. The standard InChI is InChI=1S/C17H11ClF3N3O3/c18-11-8-6-10(7-9-11)13(25)22-16(17(19,20)21)14(26)24(15(27)23-16)12-4-2-1-3-5-12/h1-9H,(H,22,25)(H,23,27)/t16-/m1/s1. The summed E-state index contributed by atoms with van der Waals surface area (Å²) in [6.07, 6.45) is -5.29. The molecule has 10 heteroatoms. The molecule has 1 fully saturated rings. The van der Waals surface area contributed by atoms with Crippen LogP contribution in [-0.4, -0.2) is 29.7 Å². The van der Waals surface area contributed by atoms with Gasteiger partial charge in [0.05, 0.1) is 5.69 Å². The molecule has 0 spiro atoms. The zero-order valence-electron chi connectivity index (χ0n) is 13.4. The molecule has 0 aliphatic carbocycles. The van der Waals surface area contributed by atoms with Gasteiger partial charge in [0.15, 0.2) is 0 Å². The van der Waals surface area contributed by atoms with Crippen molar-refractivity contribution in [3.05, 3.63) is 65.2 Å². The lowest BCUT2D eigenvalue weighted by molar-refractivity contribution is -0.197. The van der Waals surface area contributed by atoms with Gasteiger partial charge in [-0.05, 0) is 36.4 Å². The Hall–Kier alpha value is -3.07. The van der Waals surface area contributed by atoms with Crippen LogP contribution in [0.15, 0.2) is 54.6 Å². The summed E-state index contributed by atoms with van der Waals surface area (Å²) in [5.74, 6) is -2.86. The minimum absolute atomic E-state index is 0.0631. The van der Waals surface area contributed by atoms with Crippen molar-refractivity contribution in [1.29, 1.82) is 0 Å². The van der Waals surface area contributed by atoms with Crippen LogP contribution in [0.25, 0.3) is 0 Å². The summed E-state index contributed by atoms with van der Waals surface area (Å²) in [4.78, 5) is 37.3. The van der Waals surface area contributed by atoms with Crippen LogP contribution in [0.4, 0.5) is 23.7 Å². The lowest BCUT2D eigenvalue weighted by Crippen LogP contribution is -2.69. The van der Waals surface area contributed by atoms with Crippen LogP contribution in [-0.2, 0) is 4.79 Å². The molecule has 1 aliphatic heterocycles. The van der Waals surface area contributed by atoms with E-state index in [0.717, 1.165) is 0 Å². The fourth-order valence-electron chi connectivity index (χ4n) is 2.53. The number of carbonyl (C=O) groups excluding carboxylic acids is 3. The van der Waals surface area contributed by atoms with Crippen LogP contribution in [0, 0.1) is 0 Å². The van der Waals surface area contributed by atoms with Crippen LogP contribution in [0.2, 0.25) is 5.02 Å². The van der Waals surface area contributed by atoms with Gasteiger partial charge >= 0.3 is 12.2 Å². The lowest BCUT2D eigenvalue weighted by Gasteiger charge is -2.29. The van der Waals surface area contributed by atoms with Crippen molar-refractivity contribution in [3.63, 3.8) is 0 Å². The number of hydrogen-bond donors (Lipinski definition) is 2. The molecule has 0 bridgehead atoms. The summed E-state index contributed by atoms with van der Waals surface area (Å²) >= 11 is 5.69. The average Bonchev–Trinajstić information content (AvgIpc) is 2.87. The van der Waals surface area contributed by atoms with Gasteiger partial charge in [-0.2, -0.15) is 13.2 Å². The Bertz CT molecular complexity index is 903. The molecule has 6 nitrogen and oxygen atoms in total. The first-order chi connectivity index (χ1) is 12.7. The first-order valence-electron chi connectivity index (χ1n) is 7.52. The Labute approximate surface area is 155 Å². The maximum absolute atomic E-state index is 13.8. The molecular weight excluding hydrogens is 387 g/mol. The third-order valence-electron chi connectivity index (χ3n) is 3.87. The van der Waals surface area contributed by atoms with Crippen molar-refractivity contribution in [2.24, 2.45) is 0 Å². The minimum Gasteiger partial charge on any atom is -0.314 e. The molecule has 0 saturated carbocycles. The van der Waals surface area contributed by atoms with Gasteiger partial charge in [-0.3, -0.25) is 14.9 Å². The van der Waals surface area contributed by atoms with Gasteiger partial charge in [0, 0.05) is 10.6 Å². The Morgan fingerprint density at radius 2 is 1.63 bits per heavy atom. The van der Waals surface area contributed by atoms with E-state index in [4.69, 9.17) is 11.6 Å². The quantitative estimate of drug-likeness (QED) is 0.781. The maximum atomic E-state index is 13.8. The van der Waals surface area contributed by atoms with Crippen molar-refractivity contribution in [3.8, 4) is 0 Å². The van der Waals surface area contributed by atoms with Crippen LogP contribution in [0.1, 0.15) is 10.4 Å². The largest absolute Gasteiger partial charge is 0.440 e. The van der Waals surface area contributed by atoms with E-state index in [1.165, 1.54) is 48.5 Å². The summed E-state index contributed by atoms with van der Waals surface area (Å²) in [5.41, 5.74) is -3.81. The van der Waals surface area contributed by atoms with E-state index in [9.17, 15) is 27.6 Å². The second-order valence-electron chi connectivity index (χ2n) is 5.62. The zero-order chi connectivity index (χ0) is 19.8. The molecule has 140 valence electrons. The fourth-order valence-corrected chi connectivity index (χ4v) is 2.66. The highest BCUT2D eigenvalue weighted by atomic mass is 35.5. The van der Waals surface area contributed by atoms with E-state index in [1.807, 2.05) is 0 Å². The number of para-hydroxylation sites is 1. The van der Waals surface area contributed by atoms with Gasteiger partial charge in [0.25, 0.3) is 17.5 Å². The van der Waals surface area contributed by atoms with E-state index in [-0.39, 0.29) is 16.3 Å². The number of benzene rings is 2. The molecule has 2 aromatic carbocycles. The molecule has 0 radical (unpaired) electrons. The van der Waals surface area contributed by atoms with Crippen molar-refractivity contribution in [1.82, 2.24) is 10.6 Å². The van der Waals surface area contributed by atoms with Gasteiger partial charge in [0.2, 0.25) is 0 Å². The summed E-state index contributed by atoms with van der Waals surface area (Å²) < 4.78 is 41.3. The Balaban J connectivity index is 1.99. The lowest BCUT2D eigenvalue weighted by atomic mass is 10.1. The van der Waals surface area contributed by atoms with Gasteiger partial charge in [-0.15, -0.1) is 0 Å². The molecule has 1 aliphatic rings. The van der Waals surface area contributed by atoms with Gasteiger partial charge in [0.1, 0.15) is 0 Å². The number of rotatable bonds is 3. The van der Waals surface area contributed by atoms with E-state index in [1.54, 1.807) is 16.7 Å². The molecule has 1 saturated heterocycles. The van der Waals surface area contributed by atoms with Crippen molar-refractivity contribution in [2.75, 3.05) is 4.90 Å². The summed E-state index contributed by atoms with van der Waals surface area (Å²) in [6.45, 7) is 0. The van der Waals surface area contributed by atoms with Crippen LogP contribution < -0.4 is 15.5 Å². The topological polar surface area (TPSA) is 78.5 Å². The summed E-state index contributed by atoms with van der Waals surface area (Å²) in [5, 5.41) is 3.47. The number of nitrogens with zero attached hydrogens (tertiary/aromatic N) is 1. The minimum atomic E-state index is -5.29. The molecule has 0 aromatic heterocycles. The first kappa shape index (κ1) is 18.7. The summed E-state index contributed by atoms with van der Waals surface area (Å²) in [7, 11) is 0. The third-order valence-corrected chi connectivity index (χ3v) is 4.12. The molecule has 2 N–H and O–H groups in total. The molecule has 27 heavy (non-hydrogen) atoms. The summed E-state index contributed by atoms with van der Waals surface area (Å²) in [6, 6.07) is 10.8. The number of imide groups is 1. The maximum Gasteiger partial charge on any atom is 0.440 e. The van der Waals surface area contributed by atoms with Crippen LogP contribution >= 0.6 is 11.6 Å². The highest BCUT2D eigenvalue weighted by Gasteiger charge is 2.69. The van der Waals surface area contributed by atoms with E-state index >= 15 is 0 Å². The molecule has 1 heterocycles. The van der Waals surface area contributed by atoms with E-state index in [0.29, 0.717) is 4.90 Å². The number of urea groups is 1. The predicted octanol–water partition coefficient (Wildman–Crippen LogP) is 3.08. The van der Waals surface area contributed by atoms with E-state index in [2.05, 4.69) is 0 Å². The van der Waals surface area contributed by atoms with Gasteiger partial charge in [-0.25, -0.2) is 9.69 Å². The van der Waals surface area contributed by atoms with E-state index < -0.39 is 29.7 Å².